The number of nitrogens with zero attached hydrogens (tertiary/aromatic N) is 2. The number of nitrogens with one attached hydrogen (secondary N) is 1. The summed E-state index contributed by atoms with van der Waals surface area (Å²) in [5.74, 6) is 0. The lowest BCUT2D eigenvalue weighted by molar-refractivity contribution is 0.257. The van der Waals surface area contributed by atoms with E-state index >= 15 is 0 Å². The van der Waals surface area contributed by atoms with Gasteiger partial charge >= 0.3 is 0 Å². The van der Waals surface area contributed by atoms with Crippen molar-refractivity contribution >= 4 is 0 Å². The zero-order valence-corrected chi connectivity index (χ0v) is 10.8. The summed E-state index contributed by atoms with van der Waals surface area (Å²) in [7, 11) is 0. The van der Waals surface area contributed by atoms with E-state index in [1.54, 1.807) is 0 Å². The van der Waals surface area contributed by atoms with E-state index in [1.165, 1.54) is 19.3 Å². The predicted octanol–water partition coefficient (Wildman–Crippen LogP) is 2.14. The fourth-order valence-electron chi connectivity index (χ4n) is 2.48. The largest absolute Gasteiger partial charge is 0.303 e. The maximum Gasteiger partial charge on any atom is 0.106 e. The minimum absolute atomic E-state index is 0.217. The van der Waals surface area contributed by atoms with Gasteiger partial charge in [0.2, 0.25) is 0 Å². The van der Waals surface area contributed by atoms with Crippen molar-refractivity contribution < 1.29 is 0 Å². The topological polar surface area (TPSA) is 39.1 Å². The van der Waals surface area contributed by atoms with Crippen molar-refractivity contribution in [3.8, 4) is 6.07 Å². The van der Waals surface area contributed by atoms with Crippen LogP contribution in [0.3, 0.4) is 0 Å². The first-order chi connectivity index (χ1) is 7.76. The molecule has 0 aliphatic heterocycles. The van der Waals surface area contributed by atoms with Crippen LogP contribution in [0.15, 0.2) is 0 Å². The molecule has 0 saturated heterocycles. The maximum absolute atomic E-state index is 9.30. The van der Waals surface area contributed by atoms with Crippen LogP contribution in [0.1, 0.15) is 46.0 Å². The van der Waals surface area contributed by atoms with Crippen LogP contribution in [0.2, 0.25) is 0 Å². The average molecular weight is 223 g/mol. The van der Waals surface area contributed by atoms with Crippen molar-refractivity contribution in [3.63, 3.8) is 0 Å². The third-order valence-electron chi connectivity index (χ3n) is 3.71. The molecule has 3 heteroatoms. The Kier molecular flexibility index (Phi) is 5.79. The van der Waals surface area contributed by atoms with E-state index in [0.717, 1.165) is 39.0 Å². The van der Waals surface area contributed by atoms with Gasteiger partial charge in [0, 0.05) is 13.1 Å². The van der Waals surface area contributed by atoms with Crippen LogP contribution in [-0.2, 0) is 0 Å². The molecule has 0 atom stereocenters. The molecular formula is C13H25N3. The third kappa shape index (κ3) is 3.77. The summed E-state index contributed by atoms with van der Waals surface area (Å²) in [6.07, 6.45) is 5.75. The molecule has 0 unspecified atom stereocenters. The summed E-state index contributed by atoms with van der Waals surface area (Å²) < 4.78 is 0. The molecule has 1 fully saturated rings. The first kappa shape index (κ1) is 13.5. The Labute approximate surface area is 99.8 Å². The molecule has 1 aliphatic rings. The van der Waals surface area contributed by atoms with Crippen LogP contribution in [0, 0.1) is 11.3 Å². The van der Waals surface area contributed by atoms with Gasteiger partial charge in [0.1, 0.15) is 5.54 Å². The highest BCUT2D eigenvalue weighted by Crippen LogP contribution is 2.27. The van der Waals surface area contributed by atoms with Crippen molar-refractivity contribution in [1.82, 2.24) is 10.2 Å². The molecule has 0 aromatic heterocycles. The van der Waals surface area contributed by atoms with E-state index in [0.29, 0.717) is 0 Å². The van der Waals surface area contributed by atoms with Gasteiger partial charge in [-0.05, 0) is 25.9 Å². The Morgan fingerprint density at radius 2 is 1.81 bits per heavy atom. The predicted molar refractivity (Wildman–Crippen MR) is 67.2 cm³/mol. The number of hydrogen-bond donors (Lipinski definition) is 1. The quantitative estimate of drug-likeness (QED) is 0.750. The van der Waals surface area contributed by atoms with E-state index < -0.39 is 0 Å². The molecule has 0 aromatic carbocycles. The SMILES string of the molecule is CCN(CC)CCNC1(C#N)CCCCC1. The highest BCUT2D eigenvalue weighted by molar-refractivity contribution is 5.08. The molecule has 0 spiro atoms. The Balaban J connectivity index is 2.31. The van der Waals surface area contributed by atoms with E-state index in [4.69, 9.17) is 0 Å². The average Bonchev–Trinajstić information content (AvgIpc) is 2.36. The molecule has 3 nitrogen and oxygen atoms in total. The minimum atomic E-state index is -0.217. The van der Waals surface area contributed by atoms with Gasteiger partial charge < -0.3 is 4.90 Å². The fraction of sp³-hybridized carbons (Fsp3) is 0.923. The summed E-state index contributed by atoms with van der Waals surface area (Å²) in [6.45, 7) is 8.55. The van der Waals surface area contributed by atoms with Gasteiger partial charge in [-0.1, -0.05) is 33.1 Å². The second kappa shape index (κ2) is 6.88. The first-order valence-corrected chi connectivity index (χ1v) is 6.65. The lowest BCUT2D eigenvalue weighted by Crippen LogP contribution is -2.48. The molecule has 1 aliphatic carbocycles. The third-order valence-corrected chi connectivity index (χ3v) is 3.71. The van der Waals surface area contributed by atoms with Crippen LogP contribution < -0.4 is 5.32 Å². The van der Waals surface area contributed by atoms with Crippen molar-refractivity contribution in [2.24, 2.45) is 0 Å². The molecule has 0 bridgehead atoms. The molecule has 1 rings (SSSR count). The number of hydrogen-bond acceptors (Lipinski definition) is 3. The van der Waals surface area contributed by atoms with Crippen LogP contribution >= 0.6 is 0 Å². The van der Waals surface area contributed by atoms with Gasteiger partial charge in [-0.2, -0.15) is 5.26 Å². The normalized spacial score (nSPS) is 19.6. The molecule has 0 amide bonds. The highest BCUT2D eigenvalue weighted by Gasteiger charge is 2.30. The van der Waals surface area contributed by atoms with Crippen molar-refractivity contribution in [1.29, 1.82) is 5.26 Å². The van der Waals surface area contributed by atoms with Gasteiger partial charge in [-0.15, -0.1) is 0 Å². The number of likely N-dealkylation sites (N-methyl/N-ethyl adjacent to an activating group) is 1. The lowest BCUT2D eigenvalue weighted by atomic mass is 9.83. The molecular weight excluding hydrogens is 198 g/mol. The Morgan fingerprint density at radius 1 is 1.19 bits per heavy atom. The van der Waals surface area contributed by atoms with Crippen LogP contribution in [0.4, 0.5) is 0 Å². The monoisotopic (exact) mass is 223 g/mol. The van der Waals surface area contributed by atoms with Crippen LogP contribution in [0.25, 0.3) is 0 Å². The summed E-state index contributed by atoms with van der Waals surface area (Å²) in [5, 5.41) is 12.8. The standard InChI is InChI=1S/C13H25N3/c1-3-16(4-2)11-10-15-13(12-14)8-6-5-7-9-13/h15H,3-11H2,1-2H3. The van der Waals surface area contributed by atoms with Crippen LogP contribution in [-0.4, -0.2) is 36.6 Å². The zero-order valence-electron chi connectivity index (χ0n) is 10.8. The van der Waals surface area contributed by atoms with E-state index in [1.807, 2.05) is 0 Å². The Hall–Kier alpha value is -0.590. The van der Waals surface area contributed by atoms with E-state index in [-0.39, 0.29) is 5.54 Å². The van der Waals surface area contributed by atoms with Gasteiger partial charge in [0.15, 0.2) is 0 Å². The smallest absolute Gasteiger partial charge is 0.106 e. The molecule has 0 aromatic rings. The van der Waals surface area contributed by atoms with Gasteiger partial charge in [-0.25, -0.2) is 0 Å². The molecule has 92 valence electrons. The summed E-state index contributed by atoms with van der Waals surface area (Å²) in [5.41, 5.74) is -0.217. The van der Waals surface area contributed by atoms with Crippen molar-refractivity contribution in [2.45, 2.75) is 51.5 Å². The number of rotatable bonds is 6. The second-order valence-corrected chi connectivity index (χ2v) is 4.71. The fourth-order valence-corrected chi connectivity index (χ4v) is 2.48. The van der Waals surface area contributed by atoms with Gasteiger partial charge in [-0.3, -0.25) is 5.32 Å². The summed E-state index contributed by atoms with van der Waals surface area (Å²) >= 11 is 0. The van der Waals surface area contributed by atoms with E-state index in [2.05, 4.69) is 30.1 Å². The molecule has 1 saturated carbocycles. The van der Waals surface area contributed by atoms with Gasteiger partial charge in [0.05, 0.1) is 6.07 Å². The van der Waals surface area contributed by atoms with Crippen molar-refractivity contribution in [3.05, 3.63) is 0 Å². The van der Waals surface area contributed by atoms with Crippen LogP contribution in [0.5, 0.6) is 0 Å². The Morgan fingerprint density at radius 3 is 2.31 bits per heavy atom. The molecule has 16 heavy (non-hydrogen) atoms. The molecule has 0 radical (unpaired) electrons. The van der Waals surface area contributed by atoms with Crippen molar-refractivity contribution in [2.75, 3.05) is 26.2 Å². The summed E-state index contributed by atoms with van der Waals surface area (Å²) in [4.78, 5) is 2.39. The van der Waals surface area contributed by atoms with Gasteiger partial charge in [0.25, 0.3) is 0 Å². The summed E-state index contributed by atoms with van der Waals surface area (Å²) in [6, 6.07) is 2.50. The number of nitriles is 1. The first-order valence-electron chi connectivity index (χ1n) is 6.65. The molecule has 0 heterocycles. The zero-order chi connectivity index (χ0) is 11.9. The maximum atomic E-state index is 9.30. The Bertz CT molecular complexity index is 222. The second-order valence-electron chi connectivity index (χ2n) is 4.71. The minimum Gasteiger partial charge on any atom is -0.303 e. The lowest BCUT2D eigenvalue weighted by Gasteiger charge is -2.32. The molecule has 1 N–H and O–H groups in total. The van der Waals surface area contributed by atoms with E-state index in [9.17, 15) is 5.26 Å². The highest BCUT2D eigenvalue weighted by atomic mass is 15.1.